The highest BCUT2D eigenvalue weighted by molar-refractivity contribution is 5.98. The first-order chi connectivity index (χ1) is 19.5. The fraction of sp³-hybridized carbons (Fsp3) is 0.545. The van der Waals surface area contributed by atoms with Crippen LogP contribution in [0, 0.1) is 11.3 Å². The van der Waals surface area contributed by atoms with Gasteiger partial charge in [0.15, 0.2) is 5.96 Å². The molecule has 1 saturated carbocycles. The second-order valence-corrected chi connectivity index (χ2v) is 12.7. The smallest absolute Gasteiger partial charge is 0.273 e. The summed E-state index contributed by atoms with van der Waals surface area (Å²) in [6, 6.07) is 11.1. The van der Waals surface area contributed by atoms with Gasteiger partial charge in [0.25, 0.3) is 11.8 Å². The van der Waals surface area contributed by atoms with Gasteiger partial charge >= 0.3 is 0 Å². The van der Waals surface area contributed by atoms with Crippen LogP contribution in [-0.2, 0) is 23.6 Å². The Balaban J connectivity index is 0.00000165. The van der Waals surface area contributed by atoms with Gasteiger partial charge in [-0.25, -0.2) is 13.8 Å². The molecule has 0 bridgehead atoms. The number of alkyl halides is 2. The molecule has 0 saturated heterocycles. The lowest BCUT2D eigenvalue weighted by Crippen LogP contribution is -2.43. The van der Waals surface area contributed by atoms with E-state index in [1.54, 1.807) is 6.07 Å². The number of carbonyl (C=O) groups excluding carboxylic acids is 2. The number of carbonyl (C=O) groups is 2. The summed E-state index contributed by atoms with van der Waals surface area (Å²) in [6.07, 6.45) is 5.21. The van der Waals surface area contributed by atoms with Crippen molar-refractivity contribution in [3.63, 3.8) is 0 Å². The maximum Gasteiger partial charge on any atom is 0.273 e. The number of aliphatic imine (C=N–C) groups is 1. The number of benzene rings is 2. The van der Waals surface area contributed by atoms with Crippen LogP contribution in [0.15, 0.2) is 41.4 Å². The predicted molar refractivity (Wildman–Crippen MR) is 157 cm³/mol. The Morgan fingerprint density at radius 3 is 2.66 bits per heavy atom. The third-order valence-corrected chi connectivity index (χ3v) is 8.98. The molecular formula is C33H42F2N4O2. The van der Waals surface area contributed by atoms with Gasteiger partial charge in [0, 0.05) is 24.0 Å². The van der Waals surface area contributed by atoms with Crippen molar-refractivity contribution in [2.45, 2.75) is 103 Å². The van der Waals surface area contributed by atoms with Gasteiger partial charge < -0.3 is 11.1 Å². The molecule has 0 spiro atoms. The van der Waals surface area contributed by atoms with Crippen molar-refractivity contribution in [1.82, 2.24) is 10.6 Å². The summed E-state index contributed by atoms with van der Waals surface area (Å²) in [5.41, 5.74) is 10.5. The van der Waals surface area contributed by atoms with E-state index in [2.05, 4.69) is 47.7 Å². The number of guanidine groups is 1. The number of halogens is 2. The highest BCUT2D eigenvalue weighted by Gasteiger charge is 2.41. The minimum Gasteiger partial charge on any atom is -0.370 e. The summed E-state index contributed by atoms with van der Waals surface area (Å²) >= 11 is 0. The van der Waals surface area contributed by atoms with Crippen LogP contribution in [0.2, 0.25) is 0 Å². The molecule has 2 amide bonds. The topological polar surface area (TPSA) is 96.6 Å². The number of rotatable bonds is 6. The molecule has 4 unspecified atom stereocenters. The number of nitrogens with zero attached hydrogens (tertiary/aromatic N) is 1. The summed E-state index contributed by atoms with van der Waals surface area (Å²) in [4.78, 5) is 29.4. The van der Waals surface area contributed by atoms with Crippen LogP contribution in [0.5, 0.6) is 0 Å². The van der Waals surface area contributed by atoms with Gasteiger partial charge in [-0.2, -0.15) is 0 Å². The van der Waals surface area contributed by atoms with Crippen molar-refractivity contribution in [2.75, 3.05) is 0 Å². The monoisotopic (exact) mass is 564 g/mol. The van der Waals surface area contributed by atoms with Crippen LogP contribution in [0.25, 0.3) is 0 Å². The first-order valence-corrected chi connectivity index (χ1v) is 15.1. The molecule has 6 nitrogen and oxygen atoms in total. The van der Waals surface area contributed by atoms with Gasteiger partial charge in [-0.1, -0.05) is 52.0 Å². The van der Waals surface area contributed by atoms with E-state index in [4.69, 9.17) is 5.73 Å². The molecule has 220 valence electrons. The van der Waals surface area contributed by atoms with E-state index < -0.39 is 5.92 Å². The van der Waals surface area contributed by atoms with Gasteiger partial charge in [-0.05, 0) is 90.2 Å². The summed E-state index contributed by atoms with van der Waals surface area (Å²) in [7, 11) is 0. The molecule has 1 fully saturated rings. The SMILES string of the molecule is CC.CC1(C)Cc2ccc(C3CC3CCC3CC(=O)NC(N)=N3)cc2C(NC(=O)c2ccc3c(c2)CCC3(F)F)C1. The van der Waals surface area contributed by atoms with E-state index in [1.165, 1.54) is 28.8 Å². The average molecular weight is 565 g/mol. The zero-order valence-electron chi connectivity index (χ0n) is 24.5. The van der Waals surface area contributed by atoms with E-state index in [9.17, 15) is 18.4 Å². The molecule has 2 aromatic carbocycles. The van der Waals surface area contributed by atoms with E-state index in [0.29, 0.717) is 35.8 Å². The van der Waals surface area contributed by atoms with Gasteiger partial charge in [-0.15, -0.1) is 0 Å². The highest BCUT2D eigenvalue weighted by atomic mass is 19.3. The number of aryl methyl sites for hydroxylation is 1. The number of fused-ring (bicyclic) bond motifs is 2. The Labute approximate surface area is 241 Å². The van der Waals surface area contributed by atoms with Crippen molar-refractivity contribution in [3.05, 3.63) is 69.8 Å². The second-order valence-electron chi connectivity index (χ2n) is 12.7. The molecule has 3 aliphatic carbocycles. The average Bonchev–Trinajstić information content (AvgIpc) is 3.63. The number of nitrogens with two attached hydrogens (primary N) is 1. The molecule has 4 atom stereocenters. The molecule has 4 N–H and O–H groups in total. The summed E-state index contributed by atoms with van der Waals surface area (Å²) in [6.45, 7) is 8.44. The van der Waals surface area contributed by atoms with Gasteiger partial charge in [0.2, 0.25) is 5.91 Å². The molecule has 0 aromatic heterocycles. The maximum atomic E-state index is 14.1. The third-order valence-electron chi connectivity index (χ3n) is 8.98. The first-order valence-electron chi connectivity index (χ1n) is 15.1. The first kappa shape index (κ1) is 29.2. The zero-order valence-corrected chi connectivity index (χ0v) is 24.5. The van der Waals surface area contributed by atoms with Gasteiger partial charge in [0.1, 0.15) is 0 Å². The van der Waals surface area contributed by atoms with Crippen molar-refractivity contribution >= 4 is 17.8 Å². The fourth-order valence-electron chi connectivity index (χ4n) is 6.91. The molecular weight excluding hydrogens is 522 g/mol. The molecule has 1 heterocycles. The Morgan fingerprint density at radius 1 is 1.12 bits per heavy atom. The fourth-order valence-corrected chi connectivity index (χ4v) is 6.91. The number of hydrogen-bond acceptors (Lipinski definition) is 4. The number of hydrogen-bond donors (Lipinski definition) is 3. The Kier molecular flexibility index (Phi) is 7.96. The normalized spacial score (nSPS) is 26.9. The van der Waals surface area contributed by atoms with E-state index in [-0.39, 0.29) is 47.3 Å². The summed E-state index contributed by atoms with van der Waals surface area (Å²) < 4.78 is 28.2. The highest BCUT2D eigenvalue weighted by Crippen LogP contribution is 2.52. The predicted octanol–water partition coefficient (Wildman–Crippen LogP) is 6.28. The third kappa shape index (κ3) is 6.31. The molecule has 0 radical (unpaired) electrons. The lowest BCUT2D eigenvalue weighted by atomic mass is 9.71. The van der Waals surface area contributed by atoms with Crippen LogP contribution in [0.3, 0.4) is 0 Å². The molecule has 1 aliphatic heterocycles. The van der Waals surface area contributed by atoms with Crippen molar-refractivity contribution < 1.29 is 18.4 Å². The lowest BCUT2D eigenvalue weighted by Gasteiger charge is -2.37. The molecule has 4 aliphatic rings. The van der Waals surface area contributed by atoms with Crippen molar-refractivity contribution in [3.8, 4) is 0 Å². The Morgan fingerprint density at radius 2 is 1.90 bits per heavy atom. The minimum atomic E-state index is -2.81. The van der Waals surface area contributed by atoms with Crippen LogP contribution in [0.4, 0.5) is 8.78 Å². The maximum absolute atomic E-state index is 14.1. The van der Waals surface area contributed by atoms with Crippen molar-refractivity contribution in [1.29, 1.82) is 0 Å². The molecule has 41 heavy (non-hydrogen) atoms. The Hall–Kier alpha value is -3.29. The molecule has 6 rings (SSSR count). The molecule has 2 aromatic rings. The van der Waals surface area contributed by atoms with Crippen LogP contribution in [-0.4, -0.2) is 23.8 Å². The van der Waals surface area contributed by atoms with Crippen LogP contribution >= 0.6 is 0 Å². The summed E-state index contributed by atoms with van der Waals surface area (Å²) in [5, 5.41) is 5.79. The minimum absolute atomic E-state index is 0.0310. The number of nitrogens with one attached hydrogen (secondary N) is 2. The van der Waals surface area contributed by atoms with E-state index in [1.807, 2.05) is 13.8 Å². The largest absolute Gasteiger partial charge is 0.370 e. The Bertz CT molecular complexity index is 1370. The molecule has 8 heteroatoms. The lowest BCUT2D eigenvalue weighted by molar-refractivity contribution is -0.120. The van der Waals surface area contributed by atoms with E-state index >= 15 is 0 Å². The summed E-state index contributed by atoms with van der Waals surface area (Å²) in [5.74, 6) is -1.84. The number of amides is 2. The van der Waals surface area contributed by atoms with Gasteiger partial charge in [0.05, 0.1) is 12.1 Å². The van der Waals surface area contributed by atoms with Crippen molar-refractivity contribution in [2.24, 2.45) is 22.1 Å². The van der Waals surface area contributed by atoms with Crippen LogP contribution in [0.1, 0.15) is 116 Å². The second kappa shape index (κ2) is 11.2. The van der Waals surface area contributed by atoms with E-state index in [0.717, 1.165) is 32.1 Å². The quantitative estimate of drug-likeness (QED) is 0.385. The zero-order chi connectivity index (χ0) is 29.5. The standard InChI is InChI=1S/C31H36F2N4O2.C2H6/c1-30(2)15-21-4-3-17(23-12-18(23)5-7-22-14-27(38)37-29(34)35-22)13-24(21)26(16-30)36-28(39)20-6-8-25-19(11-20)9-10-31(25,32)33;1-2/h3-4,6,8,11,13,18,22-23,26H,5,7,9-10,12,14-16H2,1-2H3,(H,36,39)(H3,34,35,37,38);1-2H3. The van der Waals surface area contributed by atoms with Gasteiger partial charge in [-0.3, -0.25) is 14.9 Å². The van der Waals surface area contributed by atoms with Crippen LogP contribution < -0.4 is 16.4 Å².